The number of hydrogen-bond donors (Lipinski definition) is 3. The van der Waals surface area contributed by atoms with E-state index in [0.717, 1.165) is 16.2 Å². The number of aromatic nitrogens is 1. The van der Waals surface area contributed by atoms with Crippen LogP contribution in [-0.2, 0) is 28.8 Å². The van der Waals surface area contributed by atoms with Crippen molar-refractivity contribution in [2.24, 2.45) is 5.16 Å². The lowest BCUT2D eigenvalue weighted by molar-refractivity contribution is -0.150. The second-order valence-corrected chi connectivity index (χ2v) is 8.49. The van der Waals surface area contributed by atoms with Crippen LogP contribution in [0.5, 0.6) is 0 Å². The maximum absolute atomic E-state index is 12.8. The molecule has 2 aliphatic heterocycles. The summed E-state index contributed by atoms with van der Waals surface area (Å²) in [6, 6.07) is -0.988. The number of nitrogens with zero attached hydrogens (tertiary/aromatic N) is 3. The van der Waals surface area contributed by atoms with Crippen LogP contribution in [0.2, 0.25) is 0 Å². The predicted octanol–water partition coefficient (Wildman–Crippen LogP) is -0.0663. The molecule has 2 amide bonds. The Bertz CT molecular complexity index is 1030. The molecule has 14 heteroatoms. The van der Waals surface area contributed by atoms with Crippen LogP contribution in [-0.4, -0.2) is 74.8 Å². The van der Waals surface area contributed by atoms with Crippen LogP contribution in [0.25, 0.3) is 0 Å². The maximum Gasteiger partial charge on any atom is 0.352 e. The van der Waals surface area contributed by atoms with Gasteiger partial charge >= 0.3 is 11.9 Å². The zero-order valence-electron chi connectivity index (χ0n) is 16.8. The minimum absolute atomic E-state index is 0.0445. The minimum atomic E-state index is -1.33. The molecule has 1 unspecified atom stereocenters. The summed E-state index contributed by atoms with van der Waals surface area (Å²) < 4.78 is 4.89. The van der Waals surface area contributed by atoms with Crippen LogP contribution in [0.15, 0.2) is 34.5 Å². The molecular weight excluding hydrogens is 462 g/mol. The fourth-order valence-corrected chi connectivity index (χ4v) is 4.82. The Labute approximate surface area is 190 Å². The van der Waals surface area contributed by atoms with E-state index in [9.17, 15) is 24.3 Å². The van der Waals surface area contributed by atoms with Gasteiger partial charge in [0.15, 0.2) is 10.8 Å². The van der Waals surface area contributed by atoms with E-state index < -0.39 is 35.2 Å². The number of nitrogen functional groups attached to an aromatic ring is 1. The molecule has 0 saturated carbocycles. The van der Waals surface area contributed by atoms with E-state index in [4.69, 9.17) is 15.3 Å². The Kier molecular flexibility index (Phi) is 7.15. The molecule has 170 valence electrons. The number of amides is 2. The van der Waals surface area contributed by atoms with E-state index in [0.29, 0.717) is 5.57 Å². The second-order valence-electron chi connectivity index (χ2n) is 6.49. The molecule has 0 spiro atoms. The average Bonchev–Trinajstić information content (AvgIpc) is 3.18. The van der Waals surface area contributed by atoms with E-state index in [1.807, 2.05) is 0 Å². The van der Waals surface area contributed by atoms with Gasteiger partial charge < -0.3 is 25.7 Å². The number of ether oxygens (including phenoxy) is 1. The van der Waals surface area contributed by atoms with Crippen molar-refractivity contribution in [3.05, 3.63) is 35.0 Å². The van der Waals surface area contributed by atoms with Crippen molar-refractivity contribution in [1.82, 2.24) is 15.2 Å². The molecule has 1 aromatic rings. The van der Waals surface area contributed by atoms with E-state index in [1.54, 1.807) is 0 Å². The smallest absolute Gasteiger partial charge is 0.352 e. The molecule has 1 fully saturated rings. The SMILES string of the molecule is C=CCON=C(C(=O)NC1C(=O)N2C(C(=O)O)=C(COC(C)=O)CS[C@H]12)c1csc(N)n1. The standard InChI is InChI=1S/C18H19N5O7S2/c1-3-4-30-22-11(10-7-32-18(19)20-10)14(25)21-12-15(26)23-13(17(27)28)9(5-29-8(2)24)6-31-16(12)23/h3,7,12,16H,1,4-6H2,2H3,(H2,19,20)(H,21,25)(H,27,28)/t12?,16-/m1/s1. The number of fused-ring (bicyclic) bond motifs is 1. The van der Waals surface area contributed by atoms with Crippen LogP contribution in [0.4, 0.5) is 5.13 Å². The Morgan fingerprint density at radius 3 is 2.84 bits per heavy atom. The predicted molar refractivity (Wildman–Crippen MR) is 116 cm³/mol. The van der Waals surface area contributed by atoms with Crippen LogP contribution in [0.1, 0.15) is 12.6 Å². The van der Waals surface area contributed by atoms with Crippen molar-refractivity contribution in [3.63, 3.8) is 0 Å². The molecule has 3 heterocycles. The highest BCUT2D eigenvalue weighted by molar-refractivity contribution is 8.00. The van der Waals surface area contributed by atoms with Crippen molar-refractivity contribution >= 4 is 57.7 Å². The van der Waals surface area contributed by atoms with E-state index in [1.165, 1.54) is 30.1 Å². The summed E-state index contributed by atoms with van der Waals surface area (Å²) >= 11 is 2.34. The molecule has 2 aliphatic rings. The number of esters is 1. The molecule has 0 aliphatic carbocycles. The van der Waals surface area contributed by atoms with Gasteiger partial charge in [0.1, 0.15) is 36.0 Å². The van der Waals surface area contributed by atoms with E-state index in [2.05, 4.69) is 22.0 Å². The summed E-state index contributed by atoms with van der Waals surface area (Å²) in [6.07, 6.45) is 1.44. The molecule has 1 saturated heterocycles. The number of carbonyl (C=O) groups is 4. The number of rotatable bonds is 9. The summed E-state index contributed by atoms with van der Waals surface area (Å²) in [5, 5.41) is 17.0. The number of nitrogens with one attached hydrogen (secondary N) is 1. The fourth-order valence-electron chi connectivity index (χ4n) is 2.95. The third-order valence-corrected chi connectivity index (χ3v) is 6.33. The van der Waals surface area contributed by atoms with Gasteiger partial charge in [-0.25, -0.2) is 9.78 Å². The molecule has 0 bridgehead atoms. The molecule has 1 aromatic heterocycles. The van der Waals surface area contributed by atoms with Gasteiger partial charge in [-0.3, -0.25) is 19.3 Å². The summed E-state index contributed by atoms with van der Waals surface area (Å²) in [6.45, 7) is 4.51. The first kappa shape index (κ1) is 23.3. The fraction of sp³-hybridized carbons (Fsp3) is 0.333. The van der Waals surface area contributed by atoms with Gasteiger partial charge in [-0.05, 0) is 0 Å². The van der Waals surface area contributed by atoms with Crippen molar-refractivity contribution in [2.45, 2.75) is 18.3 Å². The van der Waals surface area contributed by atoms with Crippen LogP contribution < -0.4 is 11.1 Å². The van der Waals surface area contributed by atoms with Gasteiger partial charge in [-0.2, -0.15) is 0 Å². The Hall–Kier alpha value is -3.39. The number of anilines is 1. The third kappa shape index (κ3) is 4.75. The molecule has 2 atom stereocenters. The number of β-lactam (4-membered cyclic amide) rings is 1. The summed E-state index contributed by atoms with van der Waals surface area (Å²) in [4.78, 5) is 58.5. The van der Waals surface area contributed by atoms with Crippen molar-refractivity contribution in [2.75, 3.05) is 24.7 Å². The monoisotopic (exact) mass is 481 g/mol. The number of carbonyl (C=O) groups excluding carboxylic acids is 3. The number of carboxylic acids is 1. The Morgan fingerprint density at radius 1 is 1.50 bits per heavy atom. The molecule has 0 aromatic carbocycles. The summed E-state index contributed by atoms with van der Waals surface area (Å²) in [5.74, 6) is -3.03. The molecule has 4 N–H and O–H groups in total. The number of oxime groups is 1. The number of thiazole rings is 1. The average molecular weight is 482 g/mol. The highest BCUT2D eigenvalue weighted by atomic mass is 32.2. The van der Waals surface area contributed by atoms with E-state index >= 15 is 0 Å². The van der Waals surface area contributed by atoms with Crippen LogP contribution in [0.3, 0.4) is 0 Å². The zero-order valence-corrected chi connectivity index (χ0v) is 18.4. The summed E-state index contributed by atoms with van der Waals surface area (Å²) in [7, 11) is 0. The molecule has 12 nitrogen and oxygen atoms in total. The zero-order chi connectivity index (χ0) is 23.4. The first-order valence-electron chi connectivity index (χ1n) is 9.11. The molecular formula is C18H19N5O7S2. The number of carboxylic acid groups (broad SMARTS) is 1. The largest absolute Gasteiger partial charge is 0.477 e. The maximum atomic E-state index is 12.8. The molecule has 3 rings (SSSR count). The second kappa shape index (κ2) is 9.82. The summed E-state index contributed by atoms with van der Waals surface area (Å²) in [5.41, 5.74) is 5.66. The number of aliphatic carboxylic acids is 1. The lowest BCUT2D eigenvalue weighted by atomic mass is 10.0. The first-order chi connectivity index (χ1) is 15.2. The normalized spacial score (nSPS) is 20.2. The number of nitrogens with two attached hydrogens (primary N) is 1. The number of hydrogen-bond acceptors (Lipinski definition) is 11. The van der Waals surface area contributed by atoms with E-state index in [-0.39, 0.29) is 41.2 Å². The van der Waals surface area contributed by atoms with Crippen molar-refractivity contribution < 1.29 is 33.9 Å². The topological polar surface area (TPSA) is 174 Å². The van der Waals surface area contributed by atoms with Gasteiger partial charge in [0.25, 0.3) is 11.8 Å². The van der Waals surface area contributed by atoms with Crippen LogP contribution in [0, 0.1) is 0 Å². The third-order valence-electron chi connectivity index (χ3n) is 4.31. The van der Waals surface area contributed by atoms with Gasteiger partial charge in [0, 0.05) is 23.6 Å². The minimum Gasteiger partial charge on any atom is -0.477 e. The lowest BCUT2D eigenvalue weighted by Gasteiger charge is -2.49. The van der Waals surface area contributed by atoms with Gasteiger partial charge in [-0.15, -0.1) is 23.1 Å². The van der Waals surface area contributed by atoms with Crippen LogP contribution >= 0.6 is 23.1 Å². The molecule has 0 radical (unpaired) electrons. The quantitative estimate of drug-likeness (QED) is 0.108. The Morgan fingerprint density at radius 2 is 2.25 bits per heavy atom. The van der Waals surface area contributed by atoms with Gasteiger partial charge in [-0.1, -0.05) is 17.8 Å². The Balaban J connectivity index is 1.78. The highest BCUT2D eigenvalue weighted by Gasteiger charge is 2.54. The van der Waals surface area contributed by atoms with Gasteiger partial charge in [0.05, 0.1) is 0 Å². The highest BCUT2D eigenvalue weighted by Crippen LogP contribution is 2.40. The van der Waals surface area contributed by atoms with Crippen molar-refractivity contribution in [3.8, 4) is 0 Å². The number of thioether (sulfide) groups is 1. The first-order valence-corrected chi connectivity index (χ1v) is 11.0. The lowest BCUT2D eigenvalue weighted by Crippen LogP contribution is -2.71. The van der Waals surface area contributed by atoms with Gasteiger partial charge in [0.2, 0.25) is 0 Å². The van der Waals surface area contributed by atoms with Crippen molar-refractivity contribution in [1.29, 1.82) is 0 Å². The molecule has 32 heavy (non-hydrogen) atoms.